The maximum atomic E-state index is 14.1. The fourth-order valence-electron chi connectivity index (χ4n) is 3.20. The molecule has 2 N–H and O–H groups in total. The van der Waals surface area contributed by atoms with E-state index in [4.69, 9.17) is 16.3 Å². The maximum Gasteiger partial charge on any atom is 0.339 e. The van der Waals surface area contributed by atoms with Gasteiger partial charge in [-0.1, -0.05) is 29.8 Å². The fraction of sp³-hybridized carbons (Fsp3) is 0.0909. The summed E-state index contributed by atoms with van der Waals surface area (Å²) in [5, 5.41) is 14.0. The number of rotatable bonds is 4. The van der Waals surface area contributed by atoms with Gasteiger partial charge in [0, 0.05) is 10.9 Å². The Morgan fingerprint density at radius 1 is 1.27 bits per heavy atom. The molecule has 0 bridgehead atoms. The molecule has 30 heavy (non-hydrogen) atoms. The highest BCUT2D eigenvalue weighted by molar-refractivity contribution is 7.15. The SMILES string of the molecule is Cc1cc(-c2csc(NC(=O)C3=CCc4ccccc4O3)c2C(=O)O)cc(F)c1Cl. The largest absolute Gasteiger partial charge is 0.478 e. The number of aromatic carboxylic acids is 1. The zero-order chi connectivity index (χ0) is 21.4. The molecule has 2 aromatic carbocycles. The number of para-hydroxylation sites is 1. The van der Waals surface area contributed by atoms with E-state index in [9.17, 15) is 19.1 Å². The second-order valence-electron chi connectivity index (χ2n) is 6.68. The van der Waals surface area contributed by atoms with E-state index in [2.05, 4.69) is 5.32 Å². The zero-order valence-electron chi connectivity index (χ0n) is 15.7. The van der Waals surface area contributed by atoms with Crippen LogP contribution in [0.25, 0.3) is 11.1 Å². The monoisotopic (exact) mass is 443 g/mol. The molecule has 1 aromatic heterocycles. The van der Waals surface area contributed by atoms with Crippen LogP contribution >= 0.6 is 22.9 Å². The molecule has 5 nitrogen and oxygen atoms in total. The molecular weight excluding hydrogens is 429 g/mol. The number of amides is 1. The second-order valence-corrected chi connectivity index (χ2v) is 7.94. The Kier molecular flexibility index (Phi) is 5.32. The molecule has 0 fully saturated rings. The van der Waals surface area contributed by atoms with Gasteiger partial charge in [0.15, 0.2) is 5.76 Å². The zero-order valence-corrected chi connectivity index (χ0v) is 17.2. The van der Waals surface area contributed by atoms with Crippen molar-refractivity contribution >= 4 is 39.8 Å². The molecule has 1 aliphatic rings. The van der Waals surface area contributed by atoms with E-state index >= 15 is 0 Å². The van der Waals surface area contributed by atoms with Crippen LogP contribution in [0.3, 0.4) is 0 Å². The Morgan fingerprint density at radius 2 is 2.03 bits per heavy atom. The first kappa shape index (κ1) is 20.1. The normalized spacial score (nSPS) is 12.6. The van der Waals surface area contributed by atoms with Gasteiger partial charge in [-0.15, -0.1) is 11.3 Å². The van der Waals surface area contributed by atoms with E-state index < -0.39 is 17.7 Å². The maximum absolute atomic E-state index is 14.1. The first-order valence-corrected chi connectivity index (χ1v) is 10.2. The highest BCUT2D eigenvalue weighted by Gasteiger charge is 2.25. The number of fused-ring (bicyclic) bond motifs is 1. The summed E-state index contributed by atoms with van der Waals surface area (Å²) < 4.78 is 19.7. The molecule has 0 aliphatic carbocycles. The molecule has 0 unspecified atom stereocenters. The molecule has 0 saturated carbocycles. The van der Waals surface area contributed by atoms with Crippen molar-refractivity contribution in [2.75, 3.05) is 5.32 Å². The van der Waals surface area contributed by atoms with Crippen LogP contribution in [-0.2, 0) is 11.2 Å². The predicted octanol–water partition coefficient (Wildman–Crippen LogP) is 5.67. The molecule has 3 aromatic rings. The predicted molar refractivity (Wildman–Crippen MR) is 114 cm³/mol. The van der Waals surface area contributed by atoms with Gasteiger partial charge in [0.05, 0.1) is 5.02 Å². The lowest BCUT2D eigenvalue weighted by molar-refractivity contribution is -0.114. The minimum atomic E-state index is -1.24. The van der Waals surface area contributed by atoms with Crippen molar-refractivity contribution in [1.29, 1.82) is 0 Å². The molecule has 0 radical (unpaired) electrons. The van der Waals surface area contributed by atoms with Crippen LogP contribution in [-0.4, -0.2) is 17.0 Å². The number of carbonyl (C=O) groups excluding carboxylic acids is 1. The molecular formula is C22H15ClFNO4S. The number of nitrogens with one attached hydrogen (secondary N) is 1. The molecule has 0 atom stereocenters. The summed E-state index contributed by atoms with van der Waals surface area (Å²) in [5.74, 6) is -1.76. The van der Waals surface area contributed by atoms with Crippen LogP contribution in [0.15, 0.2) is 53.6 Å². The van der Waals surface area contributed by atoms with Crippen molar-refractivity contribution in [3.63, 3.8) is 0 Å². The topological polar surface area (TPSA) is 75.6 Å². The first-order chi connectivity index (χ1) is 14.3. The Morgan fingerprint density at radius 3 is 2.77 bits per heavy atom. The Bertz CT molecular complexity index is 1190. The average Bonchev–Trinajstić information content (AvgIpc) is 3.15. The molecule has 4 rings (SSSR count). The van der Waals surface area contributed by atoms with Crippen molar-refractivity contribution in [3.05, 3.63) is 81.1 Å². The number of carboxylic acid groups (broad SMARTS) is 1. The standard InChI is InChI=1S/C22H15ClFNO4S/c1-11-8-13(9-15(24)19(11)23)14-10-30-21(18(14)22(27)28)25-20(26)17-7-6-12-4-2-3-5-16(12)29-17/h2-5,7-10H,6H2,1H3,(H,25,26)(H,27,28). The van der Waals surface area contributed by atoms with E-state index in [1.54, 1.807) is 36.6 Å². The third-order valence-electron chi connectivity index (χ3n) is 4.68. The number of carbonyl (C=O) groups is 2. The van der Waals surface area contributed by atoms with E-state index in [1.807, 2.05) is 12.1 Å². The van der Waals surface area contributed by atoms with Crippen LogP contribution in [0.4, 0.5) is 9.39 Å². The van der Waals surface area contributed by atoms with E-state index in [1.165, 1.54) is 6.07 Å². The number of ether oxygens (including phenoxy) is 1. The molecule has 0 spiro atoms. The number of anilines is 1. The van der Waals surface area contributed by atoms with Crippen LogP contribution in [0.1, 0.15) is 21.5 Å². The summed E-state index contributed by atoms with van der Waals surface area (Å²) in [6, 6.07) is 10.1. The van der Waals surface area contributed by atoms with Gasteiger partial charge in [0.1, 0.15) is 22.1 Å². The van der Waals surface area contributed by atoms with Gasteiger partial charge in [0.25, 0.3) is 5.91 Å². The van der Waals surface area contributed by atoms with Gasteiger partial charge < -0.3 is 15.2 Å². The third-order valence-corrected chi connectivity index (χ3v) is 6.05. The van der Waals surface area contributed by atoms with Crippen molar-refractivity contribution in [2.45, 2.75) is 13.3 Å². The van der Waals surface area contributed by atoms with Gasteiger partial charge in [-0.2, -0.15) is 0 Å². The summed E-state index contributed by atoms with van der Waals surface area (Å²) in [5.41, 5.74) is 1.99. The smallest absolute Gasteiger partial charge is 0.339 e. The summed E-state index contributed by atoms with van der Waals surface area (Å²) >= 11 is 6.91. The molecule has 1 aliphatic heterocycles. The van der Waals surface area contributed by atoms with Crippen LogP contribution in [0.2, 0.25) is 5.02 Å². The average molecular weight is 444 g/mol. The Labute approximate surface area is 180 Å². The number of allylic oxidation sites excluding steroid dienone is 1. The van der Waals surface area contributed by atoms with Crippen LogP contribution in [0.5, 0.6) is 5.75 Å². The number of benzene rings is 2. The molecule has 1 amide bonds. The fourth-order valence-corrected chi connectivity index (χ4v) is 4.26. The second kappa shape index (κ2) is 7.93. The highest BCUT2D eigenvalue weighted by Crippen LogP contribution is 2.38. The summed E-state index contributed by atoms with van der Waals surface area (Å²) in [6.07, 6.45) is 2.17. The number of hydrogen-bond acceptors (Lipinski definition) is 4. The lowest BCUT2D eigenvalue weighted by Crippen LogP contribution is -2.21. The highest BCUT2D eigenvalue weighted by atomic mass is 35.5. The van der Waals surface area contributed by atoms with E-state index in [0.29, 0.717) is 28.9 Å². The summed E-state index contributed by atoms with van der Waals surface area (Å²) in [4.78, 5) is 24.6. The van der Waals surface area contributed by atoms with Crippen molar-refractivity contribution in [2.24, 2.45) is 0 Å². The molecule has 8 heteroatoms. The number of aryl methyl sites for hydroxylation is 1. The summed E-state index contributed by atoms with van der Waals surface area (Å²) in [7, 11) is 0. The molecule has 152 valence electrons. The first-order valence-electron chi connectivity index (χ1n) is 8.93. The Hall–Kier alpha value is -3.16. The van der Waals surface area contributed by atoms with Gasteiger partial charge in [-0.25, -0.2) is 9.18 Å². The lowest BCUT2D eigenvalue weighted by atomic mass is 10.0. The van der Waals surface area contributed by atoms with Gasteiger partial charge in [0.2, 0.25) is 0 Å². The van der Waals surface area contributed by atoms with Gasteiger partial charge in [-0.05, 0) is 54.3 Å². The van der Waals surface area contributed by atoms with E-state index in [0.717, 1.165) is 16.9 Å². The van der Waals surface area contributed by atoms with Crippen molar-refractivity contribution in [1.82, 2.24) is 0 Å². The van der Waals surface area contributed by atoms with Gasteiger partial charge in [-0.3, -0.25) is 4.79 Å². The molecule has 0 saturated heterocycles. The quantitative estimate of drug-likeness (QED) is 0.544. The Balaban J connectivity index is 1.64. The number of thiophene rings is 1. The van der Waals surface area contributed by atoms with Crippen LogP contribution in [0, 0.1) is 12.7 Å². The summed E-state index contributed by atoms with van der Waals surface area (Å²) in [6.45, 7) is 1.63. The number of hydrogen-bond donors (Lipinski definition) is 2. The minimum Gasteiger partial charge on any atom is -0.478 e. The lowest BCUT2D eigenvalue weighted by Gasteiger charge is -2.17. The van der Waals surface area contributed by atoms with E-state index in [-0.39, 0.29) is 21.3 Å². The molecule has 2 heterocycles. The number of halogens is 2. The minimum absolute atomic E-state index is 0.0129. The van der Waals surface area contributed by atoms with Crippen molar-refractivity contribution in [3.8, 4) is 16.9 Å². The van der Waals surface area contributed by atoms with Crippen molar-refractivity contribution < 1.29 is 23.8 Å². The van der Waals surface area contributed by atoms with Crippen LogP contribution < -0.4 is 10.1 Å². The van der Waals surface area contributed by atoms with Gasteiger partial charge >= 0.3 is 5.97 Å². The third kappa shape index (κ3) is 3.69. The number of carboxylic acids is 1.